The van der Waals surface area contributed by atoms with Gasteiger partial charge in [0.15, 0.2) is 0 Å². The van der Waals surface area contributed by atoms with Gasteiger partial charge in [-0.05, 0) is 24.9 Å². The molecule has 1 rings (SSSR count). The predicted molar refractivity (Wildman–Crippen MR) is 64.2 cm³/mol. The maximum absolute atomic E-state index is 11.3. The van der Waals surface area contributed by atoms with Gasteiger partial charge in [-0.3, -0.25) is 4.79 Å². The highest BCUT2D eigenvalue weighted by atomic mass is 16.5. The summed E-state index contributed by atoms with van der Waals surface area (Å²) in [5.74, 6) is -1.24. The Kier molecular flexibility index (Phi) is 5.96. The summed E-state index contributed by atoms with van der Waals surface area (Å²) in [6.07, 6.45) is 1.60. The first-order valence-electron chi connectivity index (χ1n) is 5.68. The molecule has 0 saturated heterocycles. The summed E-state index contributed by atoms with van der Waals surface area (Å²) >= 11 is 0. The minimum absolute atomic E-state index is 0.141. The van der Waals surface area contributed by atoms with E-state index in [1.807, 2.05) is 30.3 Å². The van der Waals surface area contributed by atoms with E-state index in [1.54, 1.807) is 0 Å². The zero-order valence-corrected chi connectivity index (χ0v) is 9.72. The Hall–Kier alpha value is -1.68. The van der Waals surface area contributed by atoms with Gasteiger partial charge in [-0.15, -0.1) is 0 Å². The maximum Gasteiger partial charge on any atom is 0.374 e. The number of hydrogen-bond acceptors (Lipinski definition) is 4. The summed E-state index contributed by atoms with van der Waals surface area (Å²) in [6.45, 7) is 0.675. The fraction of sp³-hybridized carbons (Fsp3) is 0.385. The van der Waals surface area contributed by atoms with Crippen molar-refractivity contribution in [1.82, 2.24) is 0 Å². The molecule has 1 aromatic carbocycles. The molecule has 92 valence electrons. The van der Waals surface area contributed by atoms with Crippen LogP contribution in [0, 0.1) is 0 Å². The Morgan fingerprint density at radius 1 is 1.12 bits per heavy atom. The lowest BCUT2D eigenvalue weighted by molar-refractivity contribution is -0.154. The second-order valence-corrected chi connectivity index (χ2v) is 3.73. The number of unbranched alkanes of at least 4 members (excludes halogenated alkanes) is 1. The van der Waals surface area contributed by atoms with Crippen molar-refractivity contribution in [3.05, 3.63) is 35.9 Å². The number of carbonyl (C=O) groups is 2. The number of hydrogen-bond donors (Lipinski definition) is 1. The number of Topliss-reactive ketones (excluding diaryl/α,β-unsaturated/α-hetero) is 1. The normalized spacial score (nSPS) is 9.94. The van der Waals surface area contributed by atoms with Crippen molar-refractivity contribution >= 4 is 11.8 Å². The monoisotopic (exact) mass is 235 g/mol. The zero-order valence-electron chi connectivity index (χ0n) is 9.72. The van der Waals surface area contributed by atoms with Gasteiger partial charge in [0.05, 0.1) is 0 Å². The molecule has 0 amide bonds. The van der Waals surface area contributed by atoms with Crippen LogP contribution >= 0.6 is 0 Å². The van der Waals surface area contributed by atoms with Crippen molar-refractivity contribution in [2.24, 2.45) is 5.73 Å². The molecule has 0 aliphatic rings. The summed E-state index contributed by atoms with van der Waals surface area (Å²) in [6, 6.07) is 9.26. The molecule has 2 N–H and O–H groups in total. The molecule has 0 atom stereocenters. The number of ether oxygens (including phenoxy) is 1. The van der Waals surface area contributed by atoms with Crippen LogP contribution in [0.1, 0.15) is 24.8 Å². The lowest BCUT2D eigenvalue weighted by Gasteiger charge is -2.03. The van der Waals surface area contributed by atoms with E-state index in [4.69, 9.17) is 10.5 Å². The smallest absolute Gasteiger partial charge is 0.374 e. The number of nitrogens with two attached hydrogens (primary N) is 1. The molecule has 0 unspecified atom stereocenters. The zero-order chi connectivity index (χ0) is 12.5. The Morgan fingerprint density at radius 3 is 2.47 bits per heavy atom. The summed E-state index contributed by atoms with van der Waals surface area (Å²) in [7, 11) is 0. The van der Waals surface area contributed by atoms with Crippen molar-refractivity contribution in [3.63, 3.8) is 0 Å². The Labute approximate surface area is 101 Å². The first-order valence-corrected chi connectivity index (χ1v) is 5.68. The minimum atomic E-state index is -0.758. The molecule has 1 aromatic rings. The fourth-order valence-corrected chi connectivity index (χ4v) is 1.34. The van der Waals surface area contributed by atoms with Gasteiger partial charge in [0.2, 0.25) is 5.78 Å². The van der Waals surface area contributed by atoms with Gasteiger partial charge in [-0.2, -0.15) is 0 Å². The highest BCUT2D eigenvalue weighted by Gasteiger charge is 2.14. The van der Waals surface area contributed by atoms with E-state index in [2.05, 4.69) is 0 Å². The minimum Gasteiger partial charge on any atom is -0.455 e. The lowest BCUT2D eigenvalue weighted by atomic mass is 10.2. The second kappa shape index (κ2) is 7.57. The molecule has 0 fully saturated rings. The van der Waals surface area contributed by atoms with Gasteiger partial charge >= 0.3 is 5.97 Å². The molecule has 4 nitrogen and oxygen atoms in total. The van der Waals surface area contributed by atoms with Gasteiger partial charge in [0, 0.05) is 6.42 Å². The highest BCUT2D eigenvalue weighted by molar-refractivity contribution is 6.33. The fourth-order valence-electron chi connectivity index (χ4n) is 1.34. The average molecular weight is 235 g/mol. The van der Waals surface area contributed by atoms with E-state index < -0.39 is 11.8 Å². The van der Waals surface area contributed by atoms with E-state index in [0.717, 1.165) is 12.0 Å². The highest BCUT2D eigenvalue weighted by Crippen LogP contribution is 2.02. The molecule has 0 aromatic heterocycles. The largest absolute Gasteiger partial charge is 0.455 e. The van der Waals surface area contributed by atoms with E-state index in [1.165, 1.54) is 0 Å². The van der Waals surface area contributed by atoms with Gasteiger partial charge in [0.25, 0.3) is 0 Å². The van der Waals surface area contributed by atoms with Crippen LogP contribution < -0.4 is 5.73 Å². The third-order valence-corrected chi connectivity index (χ3v) is 2.30. The van der Waals surface area contributed by atoms with Crippen LogP contribution in [-0.4, -0.2) is 18.3 Å². The van der Waals surface area contributed by atoms with Crippen molar-refractivity contribution in [1.29, 1.82) is 0 Å². The van der Waals surface area contributed by atoms with Gasteiger partial charge < -0.3 is 10.5 Å². The number of carbonyl (C=O) groups excluding carboxylic acids is 2. The topological polar surface area (TPSA) is 69.4 Å². The second-order valence-electron chi connectivity index (χ2n) is 3.73. The molecule has 0 saturated carbocycles. The van der Waals surface area contributed by atoms with Crippen LogP contribution in [0.3, 0.4) is 0 Å². The van der Waals surface area contributed by atoms with Crippen LogP contribution in [0.5, 0.6) is 0 Å². The van der Waals surface area contributed by atoms with Crippen LogP contribution in [-0.2, 0) is 20.9 Å². The molecule has 0 bridgehead atoms. The van der Waals surface area contributed by atoms with Crippen LogP contribution in [0.25, 0.3) is 0 Å². The third kappa shape index (κ3) is 5.26. The quantitative estimate of drug-likeness (QED) is 0.441. The molecule has 17 heavy (non-hydrogen) atoms. The third-order valence-electron chi connectivity index (χ3n) is 2.30. The molecular formula is C13H17NO3. The van der Waals surface area contributed by atoms with Gasteiger partial charge in [-0.25, -0.2) is 4.79 Å². The van der Waals surface area contributed by atoms with Crippen LogP contribution in [0.15, 0.2) is 30.3 Å². The molecule has 4 heteroatoms. The standard InChI is InChI=1S/C13H17NO3/c14-9-5-4-8-12(15)13(16)17-10-11-6-2-1-3-7-11/h1-3,6-7H,4-5,8-10,14H2. The summed E-state index contributed by atoms with van der Waals surface area (Å²) in [5.41, 5.74) is 6.17. The summed E-state index contributed by atoms with van der Waals surface area (Å²) in [4.78, 5) is 22.6. The number of benzene rings is 1. The molecule has 0 spiro atoms. The lowest BCUT2D eigenvalue weighted by Crippen LogP contribution is -2.17. The number of esters is 1. The van der Waals surface area contributed by atoms with Crippen LogP contribution in [0.2, 0.25) is 0 Å². The SMILES string of the molecule is NCCCCC(=O)C(=O)OCc1ccccc1. The van der Waals surface area contributed by atoms with E-state index in [9.17, 15) is 9.59 Å². The first-order chi connectivity index (χ1) is 8.24. The maximum atomic E-state index is 11.3. The number of ketones is 1. The van der Waals surface area contributed by atoms with Crippen molar-refractivity contribution < 1.29 is 14.3 Å². The van der Waals surface area contributed by atoms with Gasteiger partial charge in [0.1, 0.15) is 6.61 Å². The molecule has 0 aliphatic heterocycles. The Balaban J connectivity index is 2.27. The summed E-state index contributed by atoms with van der Waals surface area (Å²) < 4.78 is 4.90. The molecule has 0 heterocycles. The van der Waals surface area contributed by atoms with Crippen molar-refractivity contribution in [2.45, 2.75) is 25.9 Å². The average Bonchev–Trinajstić information content (AvgIpc) is 2.37. The molecular weight excluding hydrogens is 218 g/mol. The summed E-state index contributed by atoms with van der Waals surface area (Å²) in [5, 5.41) is 0. The van der Waals surface area contributed by atoms with Crippen molar-refractivity contribution in [2.75, 3.05) is 6.54 Å². The Bertz CT molecular complexity index is 362. The molecule has 0 aliphatic carbocycles. The molecule has 0 radical (unpaired) electrons. The number of rotatable bonds is 7. The first kappa shape index (κ1) is 13.4. The van der Waals surface area contributed by atoms with Crippen molar-refractivity contribution in [3.8, 4) is 0 Å². The van der Waals surface area contributed by atoms with E-state index in [-0.39, 0.29) is 13.0 Å². The van der Waals surface area contributed by atoms with E-state index >= 15 is 0 Å². The Morgan fingerprint density at radius 2 is 1.82 bits per heavy atom. The predicted octanol–water partition coefficient (Wildman–Crippen LogP) is 1.43. The van der Waals surface area contributed by atoms with Gasteiger partial charge in [-0.1, -0.05) is 30.3 Å². The van der Waals surface area contributed by atoms with Crippen LogP contribution in [0.4, 0.5) is 0 Å². The van der Waals surface area contributed by atoms with E-state index in [0.29, 0.717) is 13.0 Å².